The van der Waals surface area contributed by atoms with E-state index in [2.05, 4.69) is 4.98 Å². The Labute approximate surface area is 113 Å². The van der Waals surface area contributed by atoms with Crippen LogP contribution in [0.4, 0.5) is 4.39 Å². The van der Waals surface area contributed by atoms with E-state index in [4.69, 9.17) is 4.74 Å². The number of halogens is 1. The van der Waals surface area contributed by atoms with Crippen LogP contribution >= 0.6 is 0 Å². The molecular weight excluding hydrogens is 245 g/mol. The average Bonchev–Trinajstić information content (AvgIpc) is 2.48. The molecular formula is C15H22FNO2. The number of hydrogen-bond acceptors (Lipinski definition) is 3. The van der Waals surface area contributed by atoms with Crippen LogP contribution in [0.3, 0.4) is 0 Å². The Morgan fingerprint density at radius 1 is 1.37 bits per heavy atom. The van der Waals surface area contributed by atoms with Gasteiger partial charge in [0.1, 0.15) is 11.4 Å². The molecule has 1 aromatic heterocycles. The first kappa shape index (κ1) is 14.4. The molecule has 19 heavy (non-hydrogen) atoms. The molecule has 1 N–H and O–H groups in total. The lowest BCUT2D eigenvalue weighted by atomic mass is 9.74. The summed E-state index contributed by atoms with van der Waals surface area (Å²) >= 11 is 0. The van der Waals surface area contributed by atoms with E-state index in [1.54, 1.807) is 6.92 Å². The first-order chi connectivity index (χ1) is 8.55. The number of nitrogens with zero attached hydrogens (tertiary/aromatic N) is 1. The second kappa shape index (κ2) is 4.25. The van der Waals surface area contributed by atoms with Gasteiger partial charge in [-0.15, -0.1) is 0 Å². The van der Waals surface area contributed by atoms with Crippen molar-refractivity contribution >= 4 is 0 Å². The molecule has 1 aromatic rings. The standard InChI is InChI=1S/C15H22FNO2/c1-13(2)8-11(14(3,4)19-13)15(5,18)12-7-6-10(16)9-17-12/h6-7,9,11,18H,8H2,1-5H3. The summed E-state index contributed by atoms with van der Waals surface area (Å²) in [4.78, 5) is 4.03. The highest BCUT2D eigenvalue weighted by Gasteiger charge is 2.54. The SMILES string of the molecule is CC1(C)CC(C(C)(O)c2ccc(F)cn2)C(C)(C)O1. The van der Waals surface area contributed by atoms with E-state index in [0.29, 0.717) is 5.69 Å². The number of hydrogen-bond donors (Lipinski definition) is 1. The fourth-order valence-electron chi connectivity index (χ4n) is 3.29. The van der Waals surface area contributed by atoms with E-state index >= 15 is 0 Å². The topological polar surface area (TPSA) is 42.4 Å². The summed E-state index contributed by atoms with van der Waals surface area (Å²) in [5.74, 6) is -0.505. The van der Waals surface area contributed by atoms with Crippen molar-refractivity contribution in [3.05, 3.63) is 29.8 Å². The maximum Gasteiger partial charge on any atom is 0.141 e. The van der Waals surface area contributed by atoms with Crippen molar-refractivity contribution in [2.45, 2.75) is 57.8 Å². The summed E-state index contributed by atoms with van der Waals surface area (Å²) < 4.78 is 19.0. The number of aliphatic hydroxyl groups is 1. The highest BCUT2D eigenvalue weighted by Crippen LogP contribution is 2.49. The molecule has 0 spiro atoms. The van der Waals surface area contributed by atoms with Crippen LogP contribution in [0.25, 0.3) is 0 Å². The number of pyridine rings is 1. The van der Waals surface area contributed by atoms with Crippen LogP contribution in [0.15, 0.2) is 18.3 Å². The Balaban J connectivity index is 2.36. The molecule has 2 heterocycles. The van der Waals surface area contributed by atoms with Crippen LogP contribution in [-0.4, -0.2) is 21.3 Å². The first-order valence-electron chi connectivity index (χ1n) is 6.59. The largest absolute Gasteiger partial charge is 0.383 e. The van der Waals surface area contributed by atoms with Gasteiger partial charge < -0.3 is 9.84 Å². The van der Waals surface area contributed by atoms with Gasteiger partial charge in [0, 0.05) is 5.92 Å². The van der Waals surface area contributed by atoms with Gasteiger partial charge in [-0.1, -0.05) is 0 Å². The zero-order valence-corrected chi connectivity index (χ0v) is 12.2. The van der Waals surface area contributed by atoms with Gasteiger partial charge in [-0.25, -0.2) is 4.39 Å². The lowest BCUT2D eigenvalue weighted by molar-refractivity contribution is -0.112. The first-order valence-corrected chi connectivity index (χ1v) is 6.59. The third kappa shape index (κ3) is 2.65. The molecule has 4 heteroatoms. The molecule has 2 atom stereocenters. The minimum Gasteiger partial charge on any atom is -0.383 e. The zero-order chi connectivity index (χ0) is 14.5. The maximum absolute atomic E-state index is 13.0. The Morgan fingerprint density at radius 2 is 2.00 bits per heavy atom. The van der Waals surface area contributed by atoms with Crippen LogP contribution < -0.4 is 0 Å². The second-order valence-corrected chi connectivity index (χ2v) is 6.73. The highest BCUT2D eigenvalue weighted by atomic mass is 19.1. The Kier molecular flexibility index (Phi) is 3.22. The highest BCUT2D eigenvalue weighted by molar-refractivity contribution is 5.17. The van der Waals surface area contributed by atoms with Gasteiger partial charge in [0.05, 0.1) is 23.1 Å². The molecule has 1 aliphatic heterocycles. The van der Waals surface area contributed by atoms with E-state index in [9.17, 15) is 9.50 Å². The summed E-state index contributed by atoms with van der Waals surface area (Å²) in [6.07, 6.45) is 1.86. The van der Waals surface area contributed by atoms with Crippen LogP contribution in [0.2, 0.25) is 0 Å². The average molecular weight is 267 g/mol. The Hall–Kier alpha value is -1.00. The summed E-state index contributed by atoms with van der Waals surface area (Å²) in [6, 6.07) is 2.86. The third-order valence-electron chi connectivity index (χ3n) is 4.00. The molecule has 3 nitrogen and oxygen atoms in total. The quantitative estimate of drug-likeness (QED) is 0.895. The van der Waals surface area contributed by atoms with E-state index in [-0.39, 0.29) is 11.5 Å². The molecule has 106 valence electrons. The van der Waals surface area contributed by atoms with Crippen LogP contribution in [0, 0.1) is 11.7 Å². The van der Waals surface area contributed by atoms with Crippen molar-refractivity contribution in [1.29, 1.82) is 0 Å². The van der Waals surface area contributed by atoms with Gasteiger partial charge in [-0.3, -0.25) is 4.98 Å². The number of aromatic nitrogens is 1. The monoisotopic (exact) mass is 267 g/mol. The van der Waals surface area contributed by atoms with Gasteiger partial charge >= 0.3 is 0 Å². The third-order valence-corrected chi connectivity index (χ3v) is 4.00. The Morgan fingerprint density at radius 3 is 2.42 bits per heavy atom. The molecule has 0 aromatic carbocycles. The van der Waals surface area contributed by atoms with Gasteiger partial charge in [0.25, 0.3) is 0 Å². The fourth-order valence-corrected chi connectivity index (χ4v) is 3.29. The Bertz CT molecular complexity index is 466. The minimum absolute atomic E-state index is 0.104. The van der Waals surface area contributed by atoms with Crippen molar-refractivity contribution in [2.24, 2.45) is 5.92 Å². The minimum atomic E-state index is -1.15. The molecule has 0 aliphatic carbocycles. The maximum atomic E-state index is 13.0. The van der Waals surface area contributed by atoms with Gasteiger partial charge in [0.15, 0.2) is 0 Å². The molecule has 1 saturated heterocycles. The second-order valence-electron chi connectivity index (χ2n) is 6.73. The van der Waals surface area contributed by atoms with Crippen LogP contribution in [0.5, 0.6) is 0 Å². The molecule has 0 saturated carbocycles. The normalized spacial score (nSPS) is 28.1. The van der Waals surface area contributed by atoms with Crippen molar-refractivity contribution in [1.82, 2.24) is 4.98 Å². The lowest BCUT2D eigenvalue weighted by Gasteiger charge is -2.37. The van der Waals surface area contributed by atoms with Crippen molar-refractivity contribution in [2.75, 3.05) is 0 Å². The van der Waals surface area contributed by atoms with Crippen molar-refractivity contribution < 1.29 is 14.2 Å². The van der Waals surface area contributed by atoms with Gasteiger partial charge in [0.2, 0.25) is 0 Å². The fraction of sp³-hybridized carbons (Fsp3) is 0.667. The molecule has 0 amide bonds. The zero-order valence-electron chi connectivity index (χ0n) is 12.2. The van der Waals surface area contributed by atoms with Gasteiger partial charge in [-0.2, -0.15) is 0 Å². The lowest BCUT2D eigenvalue weighted by Crippen LogP contribution is -2.43. The summed E-state index contributed by atoms with van der Waals surface area (Å²) in [5.41, 5.74) is -1.40. The van der Waals surface area contributed by atoms with E-state index in [0.717, 1.165) is 12.6 Å². The predicted octanol–water partition coefficient (Wildman–Crippen LogP) is 3.02. The number of rotatable bonds is 2. The van der Waals surface area contributed by atoms with Crippen molar-refractivity contribution in [3.8, 4) is 0 Å². The van der Waals surface area contributed by atoms with Crippen LogP contribution in [0.1, 0.15) is 46.7 Å². The van der Waals surface area contributed by atoms with E-state index in [1.165, 1.54) is 12.1 Å². The van der Waals surface area contributed by atoms with E-state index in [1.807, 2.05) is 27.7 Å². The van der Waals surface area contributed by atoms with E-state index < -0.39 is 17.0 Å². The molecule has 2 unspecified atom stereocenters. The molecule has 0 radical (unpaired) electrons. The molecule has 0 bridgehead atoms. The molecule has 1 aliphatic rings. The summed E-state index contributed by atoms with van der Waals surface area (Å²) in [6.45, 7) is 9.71. The van der Waals surface area contributed by atoms with Crippen molar-refractivity contribution in [3.63, 3.8) is 0 Å². The number of ether oxygens (including phenoxy) is 1. The summed E-state index contributed by atoms with van der Waals surface area (Å²) in [5, 5.41) is 10.9. The van der Waals surface area contributed by atoms with Crippen LogP contribution in [-0.2, 0) is 10.3 Å². The van der Waals surface area contributed by atoms with Gasteiger partial charge in [-0.05, 0) is 53.2 Å². The predicted molar refractivity (Wildman–Crippen MR) is 71.1 cm³/mol. The summed E-state index contributed by atoms with van der Waals surface area (Å²) in [7, 11) is 0. The molecule has 2 rings (SSSR count). The smallest absolute Gasteiger partial charge is 0.141 e. The molecule has 1 fully saturated rings.